The molecule has 0 aromatic heterocycles. The number of piperidine rings is 1. The fourth-order valence-electron chi connectivity index (χ4n) is 4.23. The average molecular weight is 316 g/mol. The van der Waals surface area contributed by atoms with Crippen LogP contribution in [0.25, 0.3) is 0 Å². The summed E-state index contributed by atoms with van der Waals surface area (Å²) in [4.78, 5) is 13.3. The molecular formula is C19H28N2O2. The predicted octanol–water partition coefficient (Wildman–Crippen LogP) is 3.38. The van der Waals surface area contributed by atoms with Crippen molar-refractivity contribution in [2.45, 2.75) is 44.6 Å². The van der Waals surface area contributed by atoms with Crippen LogP contribution in [0.5, 0.6) is 0 Å². The number of hydrogen-bond acceptors (Lipinski definition) is 2. The monoisotopic (exact) mass is 316 g/mol. The van der Waals surface area contributed by atoms with Gasteiger partial charge in [-0.2, -0.15) is 0 Å². The first-order chi connectivity index (χ1) is 11.2. The molecule has 0 spiro atoms. The number of nitrogens with one attached hydrogen (secondary N) is 1. The lowest BCUT2D eigenvalue weighted by Crippen LogP contribution is -2.38. The second-order valence-corrected chi connectivity index (χ2v) is 7.26. The van der Waals surface area contributed by atoms with Crippen molar-refractivity contribution in [1.82, 2.24) is 10.2 Å². The Balaban J connectivity index is 1.37. The van der Waals surface area contributed by atoms with Crippen molar-refractivity contribution >= 4 is 6.09 Å². The Bertz CT molecular complexity index is 497. The van der Waals surface area contributed by atoms with Gasteiger partial charge in [0, 0.05) is 12.6 Å². The van der Waals surface area contributed by atoms with Crippen LogP contribution in [0.3, 0.4) is 0 Å². The lowest BCUT2D eigenvalue weighted by Gasteiger charge is -2.33. The first kappa shape index (κ1) is 16.3. The number of hydrogen-bond donors (Lipinski definition) is 2. The van der Waals surface area contributed by atoms with Crippen LogP contribution < -0.4 is 5.32 Å². The molecule has 1 aromatic carbocycles. The fraction of sp³-hybridized carbons (Fsp3) is 0.632. The minimum atomic E-state index is -0.877. The number of rotatable bonds is 5. The van der Waals surface area contributed by atoms with E-state index in [4.69, 9.17) is 5.11 Å². The van der Waals surface area contributed by atoms with Gasteiger partial charge >= 0.3 is 6.09 Å². The average Bonchev–Trinajstić information content (AvgIpc) is 2.96. The summed E-state index contributed by atoms with van der Waals surface area (Å²) in [6, 6.07) is 11.0. The molecule has 2 fully saturated rings. The van der Waals surface area contributed by atoms with E-state index < -0.39 is 6.09 Å². The van der Waals surface area contributed by atoms with E-state index in [0.29, 0.717) is 5.92 Å². The van der Waals surface area contributed by atoms with E-state index in [1.165, 1.54) is 37.9 Å². The Labute approximate surface area is 138 Å². The minimum Gasteiger partial charge on any atom is -0.465 e. The maximum atomic E-state index is 10.7. The summed E-state index contributed by atoms with van der Waals surface area (Å²) in [7, 11) is 0. The molecule has 2 N–H and O–H groups in total. The molecule has 1 saturated heterocycles. The van der Waals surface area contributed by atoms with E-state index in [1.807, 2.05) is 0 Å². The van der Waals surface area contributed by atoms with Gasteiger partial charge < -0.3 is 15.3 Å². The molecule has 1 heterocycles. The highest BCUT2D eigenvalue weighted by Crippen LogP contribution is 2.28. The van der Waals surface area contributed by atoms with Crippen molar-refractivity contribution in [3.05, 3.63) is 35.9 Å². The third kappa shape index (κ3) is 4.96. The Hall–Kier alpha value is -1.55. The summed E-state index contributed by atoms with van der Waals surface area (Å²) in [5, 5.41) is 11.5. The van der Waals surface area contributed by atoms with Crippen LogP contribution in [0.15, 0.2) is 30.3 Å². The van der Waals surface area contributed by atoms with E-state index in [-0.39, 0.29) is 6.04 Å². The highest BCUT2D eigenvalue weighted by Gasteiger charge is 2.28. The molecule has 1 saturated carbocycles. The van der Waals surface area contributed by atoms with Gasteiger partial charge in [-0.1, -0.05) is 30.3 Å². The zero-order valence-electron chi connectivity index (χ0n) is 13.8. The molecule has 2 aliphatic rings. The number of carboxylic acid groups (broad SMARTS) is 1. The minimum absolute atomic E-state index is 0.174. The smallest absolute Gasteiger partial charge is 0.404 e. The molecule has 0 bridgehead atoms. The number of benzene rings is 1. The van der Waals surface area contributed by atoms with Crippen molar-refractivity contribution < 1.29 is 9.90 Å². The lowest BCUT2D eigenvalue weighted by atomic mass is 9.90. The molecule has 1 aromatic rings. The zero-order chi connectivity index (χ0) is 16.1. The Morgan fingerprint density at radius 2 is 1.83 bits per heavy atom. The predicted molar refractivity (Wildman–Crippen MR) is 91.6 cm³/mol. The SMILES string of the molecule is O=C(O)NC1CC[C@H](CN2CCC(Cc3ccccc3)CC2)C1. The van der Waals surface area contributed by atoms with Crippen LogP contribution in [0, 0.1) is 11.8 Å². The molecule has 1 amide bonds. The molecular weight excluding hydrogens is 288 g/mol. The second kappa shape index (κ2) is 7.82. The van der Waals surface area contributed by atoms with Crippen LogP contribution in [0.4, 0.5) is 4.79 Å². The maximum Gasteiger partial charge on any atom is 0.404 e. The van der Waals surface area contributed by atoms with Gasteiger partial charge in [-0.05, 0) is 69.0 Å². The van der Waals surface area contributed by atoms with Gasteiger partial charge in [-0.3, -0.25) is 0 Å². The highest BCUT2D eigenvalue weighted by atomic mass is 16.4. The standard InChI is InChI=1S/C19H28N2O2/c22-19(23)20-18-7-6-17(13-18)14-21-10-8-16(9-11-21)12-15-4-2-1-3-5-15/h1-5,16-18,20H,6-14H2,(H,22,23)/t17-,18?/m0/s1. The quantitative estimate of drug-likeness (QED) is 0.875. The molecule has 4 nitrogen and oxygen atoms in total. The zero-order valence-corrected chi connectivity index (χ0v) is 13.8. The summed E-state index contributed by atoms with van der Waals surface area (Å²) in [6.07, 6.45) is 6.09. The summed E-state index contributed by atoms with van der Waals surface area (Å²) in [5.41, 5.74) is 1.46. The van der Waals surface area contributed by atoms with Crippen molar-refractivity contribution in [1.29, 1.82) is 0 Å². The van der Waals surface area contributed by atoms with Gasteiger partial charge in [0.2, 0.25) is 0 Å². The van der Waals surface area contributed by atoms with Crippen molar-refractivity contribution in [3.8, 4) is 0 Å². The third-order valence-corrected chi connectivity index (χ3v) is 5.46. The van der Waals surface area contributed by atoms with Crippen LogP contribution in [0.1, 0.15) is 37.7 Å². The van der Waals surface area contributed by atoms with E-state index in [0.717, 1.165) is 31.7 Å². The first-order valence-electron chi connectivity index (χ1n) is 8.95. The second-order valence-electron chi connectivity index (χ2n) is 7.26. The van der Waals surface area contributed by atoms with E-state index in [1.54, 1.807) is 0 Å². The summed E-state index contributed by atoms with van der Waals surface area (Å²) in [6.45, 7) is 3.55. The van der Waals surface area contributed by atoms with Crippen molar-refractivity contribution in [2.24, 2.45) is 11.8 Å². The van der Waals surface area contributed by atoms with Crippen LogP contribution in [0.2, 0.25) is 0 Å². The topological polar surface area (TPSA) is 52.6 Å². The summed E-state index contributed by atoms with van der Waals surface area (Å²) >= 11 is 0. The normalized spacial score (nSPS) is 26.3. The number of amides is 1. The summed E-state index contributed by atoms with van der Waals surface area (Å²) in [5.74, 6) is 1.48. The third-order valence-electron chi connectivity index (χ3n) is 5.46. The van der Waals surface area contributed by atoms with Crippen LogP contribution in [-0.2, 0) is 6.42 Å². The first-order valence-corrected chi connectivity index (χ1v) is 8.95. The van der Waals surface area contributed by atoms with Gasteiger partial charge in [0.05, 0.1) is 0 Å². The largest absolute Gasteiger partial charge is 0.465 e. The van der Waals surface area contributed by atoms with E-state index >= 15 is 0 Å². The molecule has 23 heavy (non-hydrogen) atoms. The van der Waals surface area contributed by atoms with Gasteiger partial charge in [0.1, 0.15) is 0 Å². The van der Waals surface area contributed by atoms with Gasteiger partial charge in [0.25, 0.3) is 0 Å². The van der Waals surface area contributed by atoms with Crippen LogP contribution in [-0.4, -0.2) is 41.8 Å². The molecule has 0 radical (unpaired) electrons. The number of nitrogens with zero attached hydrogens (tertiary/aromatic N) is 1. The Morgan fingerprint density at radius 1 is 1.09 bits per heavy atom. The lowest BCUT2D eigenvalue weighted by molar-refractivity contribution is 0.159. The van der Waals surface area contributed by atoms with Gasteiger partial charge in [-0.15, -0.1) is 0 Å². The molecule has 1 aliphatic carbocycles. The Morgan fingerprint density at radius 3 is 2.52 bits per heavy atom. The molecule has 126 valence electrons. The van der Waals surface area contributed by atoms with Crippen LogP contribution >= 0.6 is 0 Å². The highest BCUT2D eigenvalue weighted by molar-refractivity contribution is 5.64. The number of carbonyl (C=O) groups is 1. The molecule has 4 heteroatoms. The fourth-order valence-corrected chi connectivity index (χ4v) is 4.23. The van der Waals surface area contributed by atoms with E-state index in [9.17, 15) is 4.79 Å². The van der Waals surface area contributed by atoms with Gasteiger partial charge in [0.15, 0.2) is 0 Å². The summed E-state index contributed by atoms with van der Waals surface area (Å²) < 4.78 is 0. The molecule has 2 atom stereocenters. The van der Waals surface area contributed by atoms with E-state index in [2.05, 4.69) is 40.5 Å². The maximum absolute atomic E-state index is 10.7. The number of likely N-dealkylation sites (tertiary alicyclic amines) is 1. The van der Waals surface area contributed by atoms with Crippen molar-refractivity contribution in [2.75, 3.05) is 19.6 Å². The molecule has 1 aliphatic heterocycles. The van der Waals surface area contributed by atoms with Crippen molar-refractivity contribution in [3.63, 3.8) is 0 Å². The molecule has 1 unspecified atom stereocenters. The molecule has 3 rings (SSSR count). The Kier molecular flexibility index (Phi) is 5.55. The van der Waals surface area contributed by atoms with Gasteiger partial charge in [-0.25, -0.2) is 4.79 Å².